The number of halogens is 4. The van der Waals surface area contributed by atoms with Crippen molar-refractivity contribution in [2.24, 2.45) is 0 Å². The van der Waals surface area contributed by atoms with Crippen LogP contribution >= 0.6 is 27.3 Å². The molecule has 0 amide bonds. The van der Waals surface area contributed by atoms with Crippen LogP contribution < -0.4 is 5.63 Å². The summed E-state index contributed by atoms with van der Waals surface area (Å²) >= 11 is 4.55. The zero-order valence-electron chi connectivity index (χ0n) is 18.0. The molecular weight excluding hydrogens is 557 g/mol. The fourth-order valence-electron chi connectivity index (χ4n) is 3.51. The molecule has 5 nitrogen and oxygen atoms in total. The second-order valence-corrected chi connectivity index (χ2v) is 9.39. The van der Waals surface area contributed by atoms with Crippen LogP contribution in [0.4, 0.5) is 13.2 Å². The number of hydrogen-bond acceptors (Lipinski definition) is 6. The first kappa shape index (κ1) is 23.8. The standard InChI is InChI=1S/C26H12BrF3N2O3S/c27-18-4-6-23-15(9-18)11-20(25(33)35-23)21-13-36-24(32-21)16(12-31)10-19-5-7-22(34-19)14-2-1-3-17(8-14)26(28,29)30/h1-11,13H/b16-10+. The second-order valence-electron chi connectivity index (χ2n) is 7.62. The number of rotatable bonds is 4. The summed E-state index contributed by atoms with van der Waals surface area (Å²) in [6.07, 6.45) is -3.03. The molecule has 2 aromatic carbocycles. The van der Waals surface area contributed by atoms with Crippen LogP contribution in [-0.2, 0) is 6.18 Å². The summed E-state index contributed by atoms with van der Waals surface area (Å²) < 4.78 is 51.0. The molecule has 10 heteroatoms. The molecule has 0 fully saturated rings. The van der Waals surface area contributed by atoms with Crippen LogP contribution in [0.5, 0.6) is 0 Å². The minimum atomic E-state index is -4.47. The second kappa shape index (κ2) is 9.26. The maximum Gasteiger partial charge on any atom is 0.416 e. The Kier molecular flexibility index (Phi) is 6.12. The topological polar surface area (TPSA) is 80.0 Å². The minimum absolute atomic E-state index is 0.170. The van der Waals surface area contributed by atoms with E-state index in [4.69, 9.17) is 8.83 Å². The highest BCUT2D eigenvalue weighted by Gasteiger charge is 2.30. The number of benzene rings is 2. The predicted molar refractivity (Wildman–Crippen MR) is 134 cm³/mol. The van der Waals surface area contributed by atoms with E-state index in [0.717, 1.165) is 27.9 Å². The number of allylic oxidation sites excluding steroid dienone is 1. The van der Waals surface area contributed by atoms with Gasteiger partial charge in [0.15, 0.2) is 0 Å². The quantitative estimate of drug-likeness (QED) is 0.162. The maximum absolute atomic E-state index is 13.0. The van der Waals surface area contributed by atoms with Gasteiger partial charge in [0.25, 0.3) is 0 Å². The minimum Gasteiger partial charge on any atom is -0.457 e. The molecule has 3 aromatic heterocycles. The highest BCUT2D eigenvalue weighted by Crippen LogP contribution is 2.33. The number of furan rings is 1. The van der Waals surface area contributed by atoms with Crippen LogP contribution in [0.25, 0.3) is 45.2 Å². The first-order chi connectivity index (χ1) is 17.2. The van der Waals surface area contributed by atoms with Gasteiger partial charge in [-0.2, -0.15) is 18.4 Å². The molecule has 0 aliphatic carbocycles. The van der Waals surface area contributed by atoms with Gasteiger partial charge in [0, 0.05) is 26.9 Å². The molecule has 0 N–H and O–H groups in total. The molecular formula is C26H12BrF3N2O3S. The predicted octanol–water partition coefficient (Wildman–Crippen LogP) is 8.02. The molecule has 0 unspecified atom stereocenters. The molecule has 178 valence electrons. The molecule has 0 aliphatic heterocycles. The van der Waals surface area contributed by atoms with Crippen molar-refractivity contribution < 1.29 is 22.0 Å². The Labute approximate surface area is 213 Å². The molecule has 0 bridgehead atoms. The van der Waals surface area contributed by atoms with Crippen LogP contribution in [-0.4, -0.2) is 4.98 Å². The molecule has 5 rings (SSSR count). The summed E-state index contributed by atoms with van der Waals surface area (Å²) in [7, 11) is 0. The Balaban J connectivity index is 1.46. The van der Waals surface area contributed by atoms with E-state index in [1.54, 1.807) is 29.6 Å². The Bertz CT molecular complexity index is 1740. The van der Waals surface area contributed by atoms with Gasteiger partial charge in [0.1, 0.15) is 28.2 Å². The van der Waals surface area contributed by atoms with Crippen LogP contribution in [0.15, 0.2) is 84.1 Å². The Morgan fingerprint density at radius 1 is 1.08 bits per heavy atom. The lowest BCUT2D eigenvalue weighted by atomic mass is 10.1. The lowest BCUT2D eigenvalue weighted by Crippen LogP contribution is -2.04. The first-order valence-corrected chi connectivity index (χ1v) is 12.0. The zero-order chi connectivity index (χ0) is 25.4. The van der Waals surface area contributed by atoms with Gasteiger partial charge in [-0.05, 0) is 48.5 Å². The Morgan fingerprint density at radius 3 is 2.69 bits per heavy atom. The molecule has 3 heterocycles. The molecule has 0 radical (unpaired) electrons. The summed E-state index contributed by atoms with van der Waals surface area (Å²) in [5.74, 6) is 0.496. The van der Waals surface area contributed by atoms with Gasteiger partial charge < -0.3 is 8.83 Å². The summed E-state index contributed by atoms with van der Waals surface area (Å²) in [5.41, 5.74) is 0.141. The highest BCUT2D eigenvalue weighted by molar-refractivity contribution is 9.10. The van der Waals surface area contributed by atoms with E-state index in [-0.39, 0.29) is 28.2 Å². The van der Waals surface area contributed by atoms with Crippen molar-refractivity contribution in [3.8, 4) is 28.7 Å². The van der Waals surface area contributed by atoms with Gasteiger partial charge in [0.05, 0.1) is 22.4 Å². The Morgan fingerprint density at radius 2 is 1.92 bits per heavy atom. The van der Waals surface area contributed by atoms with Crippen molar-refractivity contribution in [1.82, 2.24) is 4.98 Å². The van der Waals surface area contributed by atoms with Gasteiger partial charge in [-0.25, -0.2) is 9.78 Å². The average Bonchev–Trinajstić information content (AvgIpc) is 3.52. The lowest BCUT2D eigenvalue weighted by molar-refractivity contribution is -0.137. The lowest BCUT2D eigenvalue weighted by Gasteiger charge is -2.07. The van der Waals surface area contributed by atoms with Crippen LogP contribution in [0.3, 0.4) is 0 Å². The number of fused-ring (bicyclic) bond motifs is 1. The van der Waals surface area contributed by atoms with Gasteiger partial charge in [-0.3, -0.25) is 0 Å². The van der Waals surface area contributed by atoms with Crippen molar-refractivity contribution in [3.63, 3.8) is 0 Å². The van der Waals surface area contributed by atoms with Crippen molar-refractivity contribution in [2.75, 3.05) is 0 Å². The third-order valence-corrected chi connectivity index (χ3v) is 6.58. The fraction of sp³-hybridized carbons (Fsp3) is 0.0385. The largest absolute Gasteiger partial charge is 0.457 e. The van der Waals surface area contributed by atoms with Crippen molar-refractivity contribution in [2.45, 2.75) is 6.18 Å². The van der Waals surface area contributed by atoms with E-state index in [9.17, 15) is 23.2 Å². The van der Waals surface area contributed by atoms with E-state index in [0.29, 0.717) is 21.7 Å². The summed E-state index contributed by atoms with van der Waals surface area (Å²) in [6.45, 7) is 0. The van der Waals surface area contributed by atoms with E-state index in [1.807, 2.05) is 6.07 Å². The molecule has 36 heavy (non-hydrogen) atoms. The summed E-state index contributed by atoms with van der Waals surface area (Å²) in [4.78, 5) is 16.9. The molecule has 0 atom stereocenters. The third-order valence-electron chi connectivity index (χ3n) is 5.21. The van der Waals surface area contributed by atoms with Crippen LogP contribution in [0, 0.1) is 11.3 Å². The van der Waals surface area contributed by atoms with E-state index in [1.165, 1.54) is 24.3 Å². The van der Waals surface area contributed by atoms with E-state index >= 15 is 0 Å². The normalized spacial score (nSPS) is 12.1. The first-order valence-electron chi connectivity index (χ1n) is 10.3. The van der Waals surface area contributed by atoms with Gasteiger partial charge >= 0.3 is 11.8 Å². The van der Waals surface area contributed by atoms with Crippen molar-refractivity contribution in [1.29, 1.82) is 5.26 Å². The highest BCUT2D eigenvalue weighted by atomic mass is 79.9. The molecule has 0 aliphatic rings. The fourth-order valence-corrected chi connectivity index (χ4v) is 4.68. The maximum atomic E-state index is 13.0. The zero-order valence-corrected chi connectivity index (χ0v) is 20.4. The number of thiazole rings is 1. The number of alkyl halides is 3. The van der Waals surface area contributed by atoms with Crippen molar-refractivity contribution >= 4 is 49.9 Å². The summed E-state index contributed by atoms with van der Waals surface area (Å²) in [5, 5.41) is 12.4. The van der Waals surface area contributed by atoms with E-state index < -0.39 is 17.4 Å². The molecule has 0 saturated carbocycles. The smallest absolute Gasteiger partial charge is 0.416 e. The molecule has 0 spiro atoms. The SMILES string of the molecule is N#C/C(=C\c1ccc(-c2cccc(C(F)(F)F)c2)o1)c1nc(-c2cc3cc(Br)ccc3oc2=O)cs1. The van der Waals surface area contributed by atoms with Gasteiger partial charge in [-0.15, -0.1) is 11.3 Å². The number of nitriles is 1. The average molecular weight is 569 g/mol. The molecule has 0 saturated heterocycles. The van der Waals surface area contributed by atoms with Crippen LogP contribution in [0.2, 0.25) is 0 Å². The monoisotopic (exact) mass is 568 g/mol. The number of hydrogen-bond donors (Lipinski definition) is 0. The third kappa shape index (κ3) is 4.76. The van der Waals surface area contributed by atoms with Crippen molar-refractivity contribution in [3.05, 3.63) is 97.3 Å². The Hall–Kier alpha value is -3.94. The van der Waals surface area contributed by atoms with Crippen LogP contribution in [0.1, 0.15) is 16.3 Å². The summed E-state index contributed by atoms with van der Waals surface area (Å²) in [6, 6.07) is 16.9. The number of nitrogens with zero attached hydrogens (tertiary/aromatic N) is 2. The van der Waals surface area contributed by atoms with Gasteiger partial charge in [0.2, 0.25) is 0 Å². The number of aromatic nitrogens is 1. The van der Waals surface area contributed by atoms with E-state index in [2.05, 4.69) is 27.0 Å². The molecule has 5 aromatic rings. The van der Waals surface area contributed by atoms with Gasteiger partial charge in [-0.1, -0.05) is 28.1 Å².